The van der Waals surface area contributed by atoms with Crippen molar-refractivity contribution in [3.05, 3.63) is 41.0 Å². The van der Waals surface area contributed by atoms with Gasteiger partial charge in [0.15, 0.2) is 11.5 Å². The summed E-state index contributed by atoms with van der Waals surface area (Å²) in [6.07, 6.45) is 1.78. The second kappa shape index (κ2) is 3.92. The number of nitrogens with one attached hydrogen (secondary N) is 1. The smallest absolute Gasteiger partial charge is 0.231 e. The van der Waals surface area contributed by atoms with Crippen LogP contribution in [0.1, 0.15) is 22.7 Å². The summed E-state index contributed by atoms with van der Waals surface area (Å²) in [5.41, 5.74) is 5.85. The van der Waals surface area contributed by atoms with Crippen LogP contribution in [0.25, 0.3) is 11.1 Å². The highest BCUT2D eigenvalue weighted by atomic mass is 16.7. The molecule has 1 atom stereocenters. The second-order valence-corrected chi connectivity index (χ2v) is 5.80. The van der Waals surface area contributed by atoms with Crippen LogP contribution in [0.15, 0.2) is 24.3 Å². The van der Waals surface area contributed by atoms with Gasteiger partial charge in [-0.05, 0) is 36.1 Å². The van der Waals surface area contributed by atoms with Crippen molar-refractivity contribution >= 4 is 0 Å². The van der Waals surface area contributed by atoms with Crippen LogP contribution < -0.4 is 14.8 Å². The predicted octanol–water partition coefficient (Wildman–Crippen LogP) is 2.53. The average Bonchev–Trinajstić information content (AvgIpc) is 3.00. The zero-order valence-corrected chi connectivity index (χ0v) is 11.5. The first-order chi connectivity index (χ1) is 10.3. The van der Waals surface area contributed by atoms with E-state index in [1.165, 1.54) is 16.7 Å². The molecule has 106 valence electrons. The lowest BCUT2D eigenvalue weighted by molar-refractivity contribution is 0.171. The minimum atomic E-state index is 0.180. The Bertz CT molecular complexity index is 769. The first-order valence-electron chi connectivity index (χ1n) is 7.33. The molecule has 2 heterocycles. The molecule has 0 saturated carbocycles. The number of ether oxygens (including phenoxy) is 2. The molecule has 2 aromatic rings. The van der Waals surface area contributed by atoms with Gasteiger partial charge in [0.2, 0.25) is 12.5 Å². The molecule has 0 radical (unpaired) electrons. The molecule has 1 aliphatic carbocycles. The van der Waals surface area contributed by atoms with Crippen LogP contribution >= 0.6 is 0 Å². The Hall–Kier alpha value is -2.20. The topological polar surface area (TPSA) is 50.7 Å². The van der Waals surface area contributed by atoms with Gasteiger partial charge in [0.25, 0.3) is 0 Å². The van der Waals surface area contributed by atoms with Crippen molar-refractivity contribution in [2.75, 3.05) is 13.3 Å². The average molecular weight is 281 g/mol. The first kappa shape index (κ1) is 11.5. The number of fused-ring (bicyclic) bond motifs is 4. The number of phenols is 1. The van der Waals surface area contributed by atoms with E-state index in [9.17, 15) is 5.11 Å². The molecule has 5 rings (SSSR count). The van der Waals surface area contributed by atoms with Gasteiger partial charge in [-0.3, -0.25) is 0 Å². The number of benzene rings is 2. The van der Waals surface area contributed by atoms with Crippen LogP contribution in [-0.4, -0.2) is 18.4 Å². The highest BCUT2D eigenvalue weighted by Crippen LogP contribution is 2.56. The number of rotatable bonds is 0. The molecule has 21 heavy (non-hydrogen) atoms. The van der Waals surface area contributed by atoms with Gasteiger partial charge in [0.1, 0.15) is 0 Å². The number of phenolic OH excluding ortho intramolecular Hbond substituents is 1. The standard InChI is InChI=1S/C17H15NO3/c19-15-11-5-6-18-12-7-9-3-1-2-4-10(9)14(13(11)12)16-17(15)21-8-20-16/h1-4,12,18-19H,5-8H2. The second-order valence-electron chi connectivity index (χ2n) is 5.80. The molecule has 0 fully saturated rings. The van der Waals surface area contributed by atoms with E-state index in [0.29, 0.717) is 11.5 Å². The van der Waals surface area contributed by atoms with Gasteiger partial charge in [-0.25, -0.2) is 0 Å². The van der Waals surface area contributed by atoms with Gasteiger partial charge in [-0.1, -0.05) is 24.3 Å². The maximum atomic E-state index is 10.5. The Balaban J connectivity index is 1.93. The number of aromatic hydroxyl groups is 1. The normalized spacial score (nSPS) is 20.9. The monoisotopic (exact) mass is 281 g/mol. The first-order valence-corrected chi connectivity index (χ1v) is 7.33. The molecule has 0 aromatic heterocycles. The third kappa shape index (κ3) is 1.38. The quantitative estimate of drug-likeness (QED) is 0.779. The predicted molar refractivity (Wildman–Crippen MR) is 77.8 cm³/mol. The van der Waals surface area contributed by atoms with E-state index >= 15 is 0 Å². The maximum Gasteiger partial charge on any atom is 0.231 e. The van der Waals surface area contributed by atoms with Gasteiger partial charge in [-0.2, -0.15) is 0 Å². The van der Waals surface area contributed by atoms with Crippen LogP contribution in [0.4, 0.5) is 0 Å². The minimum Gasteiger partial charge on any atom is -0.504 e. The Labute approximate surface area is 122 Å². The van der Waals surface area contributed by atoms with Gasteiger partial charge < -0.3 is 19.9 Å². The van der Waals surface area contributed by atoms with Crippen LogP contribution in [0.5, 0.6) is 17.2 Å². The van der Waals surface area contributed by atoms with Gasteiger partial charge >= 0.3 is 0 Å². The van der Waals surface area contributed by atoms with Gasteiger partial charge in [0, 0.05) is 17.2 Å². The summed E-state index contributed by atoms with van der Waals surface area (Å²) in [7, 11) is 0. The summed E-state index contributed by atoms with van der Waals surface area (Å²) in [6.45, 7) is 1.06. The highest BCUT2D eigenvalue weighted by molar-refractivity contribution is 5.86. The fraction of sp³-hybridized carbons (Fsp3) is 0.294. The van der Waals surface area contributed by atoms with Crippen molar-refractivity contribution in [3.8, 4) is 28.4 Å². The van der Waals surface area contributed by atoms with Crippen LogP contribution in [-0.2, 0) is 12.8 Å². The van der Waals surface area contributed by atoms with Crippen molar-refractivity contribution < 1.29 is 14.6 Å². The molecule has 2 N–H and O–H groups in total. The molecule has 4 nitrogen and oxygen atoms in total. The molecule has 0 saturated heterocycles. The lowest BCUT2D eigenvalue weighted by atomic mass is 9.77. The van der Waals surface area contributed by atoms with E-state index in [4.69, 9.17) is 9.47 Å². The Morgan fingerprint density at radius 3 is 2.95 bits per heavy atom. The largest absolute Gasteiger partial charge is 0.504 e. The summed E-state index contributed by atoms with van der Waals surface area (Å²) < 4.78 is 11.2. The van der Waals surface area contributed by atoms with Crippen molar-refractivity contribution in [1.29, 1.82) is 0 Å². The third-order valence-electron chi connectivity index (χ3n) is 4.76. The van der Waals surface area contributed by atoms with Crippen molar-refractivity contribution in [3.63, 3.8) is 0 Å². The summed E-state index contributed by atoms with van der Waals surface area (Å²) in [6, 6.07) is 8.68. The van der Waals surface area contributed by atoms with Crippen molar-refractivity contribution in [2.45, 2.75) is 18.9 Å². The van der Waals surface area contributed by atoms with E-state index in [1.54, 1.807) is 0 Å². The zero-order chi connectivity index (χ0) is 14.0. The summed E-state index contributed by atoms with van der Waals surface area (Å²) >= 11 is 0. The lowest BCUT2D eigenvalue weighted by Crippen LogP contribution is -2.33. The van der Waals surface area contributed by atoms with Crippen molar-refractivity contribution in [2.24, 2.45) is 0 Å². The van der Waals surface area contributed by atoms with Crippen LogP contribution in [0, 0.1) is 0 Å². The van der Waals surface area contributed by atoms with E-state index in [-0.39, 0.29) is 18.6 Å². The molecule has 1 unspecified atom stereocenters. The summed E-state index contributed by atoms with van der Waals surface area (Å²) in [4.78, 5) is 0. The van der Waals surface area contributed by atoms with E-state index < -0.39 is 0 Å². The van der Waals surface area contributed by atoms with E-state index in [2.05, 4.69) is 29.6 Å². The summed E-state index contributed by atoms with van der Waals surface area (Å²) in [5.74, 6) is 1.49. The van der Waals surface area contributed by atoms with Gasteiger partial charge in [0.05, 0.1) is 0 Å². The molecular formula is C17H15NO3. The lowest BCUT2D eigenvalue weighted by Gasteiger charge is -2.35. The molecule has 4 heteroatoms. The molecule has 2 aromatic carbocycles. The molecule has 3 aliphatic rings. The minimum absolute atomic E-state index is 0.180. The fourth-order valence-electron chi connectivity index (χ4n) is 3.89. The van der Waals surface area contributed by atoms with Gasteiger partial charge in [-0.15, -0.1) is 0 Å². The van der Waals surface area contributed by atoms with E-state index in [0.717, 1.165) is 30.5 Å². The summed E-state index contributed by atoms with van der Waals surface area (Å²) in [5, 5.41) is 14.1. The Morgan fingerprint density at radius 1 is 1.14 bits per heavy atom. The molecule has 0 amide bonds. The number of hydrogen-bond donors (Lipinski definition) is 2. The number of hydrogen-bond acceptors (Lipinski definition) is 4. The maximum absolute atomic E-state index is 10.5. The van der Waals surface area contributed by atoms with Crippen molar-refractivity contribution in [1.82, 2.24) is 5.32 Å². The Morgan fingerprint density at radius 2 is 2.00 bits per heavy atom. The van der Waals surface area contributed by atoms with Crippen LogP contribution in [0.2, 0.25) is 0 Å². The Kier molecular flexibility index (Phi) is 2.14. The highest BCUT2D eigenvalue weighted by Gasteiger charge is 2.38. The molecule has 0 bridgehead atoms. The SMILES string of the molecule is Oc1c2c3c(c4c1OCO4)-c1ccccc1CC3NCC2. The molecular weight excluding hydrogens is 266 g/mol. The third-order valence-corrected chi connectivity index (χ3v) is 4.76. The van der Waals surface area contributed by atoms with Crippen LogP contribution in [0.3, 0.4) is 0 Å². The fourth-order valence-corrected chi connectivity index (χ4v) is 3.89. The van der Waals surface area contributed by atoms with E-state index in [1.807, 2.05) is 0 Å². The molecule has 2 aliphatic heterocycles. The zero-order valence-electron chi connectivity index (χ0n) is 11.5. The molecule has 0 spiro atoms.